The second-order valence-electron chi connectivity index (χ2n) is 6.27. The number of rotatable bonds is 2. The third kappa shape index (κ3) is 2.48. The largest absolute Gasteiger partial charge is 0.313 e. The van der Waals surface area contributed by atoms with Crippen LogP contribution in [0.15, 0.2) is 12.1 Å². The third-order valence-electron chi connectivity index (χ3n) is 4.67. The first-order chi connectivity index (χ1) is 9.97. The van der Waals surface area contributed by atoms with Crippen LogP contribution in [0.2, 0.25) is 0 Å². The molecule has 21 heavy (non-hydrogen) atoms. The Morgan fingerprint density at radius 3 is 2.33 bits per heavy atom. The van der Waals surface area contributed by atoms with Gasteiger partial charge in [-0.25, -0.2) is 0 Å². The van der Waals surface area contributed by atoms with Gasteiger partial charge in [0, 0.05) is 19.1 Å². The molecule has 1 aromatic carbocycles. The molecule has 3 rings (SSSR count). The Labute approximate surface area is 126 Å². The van der Waals surface area contributed by atoms with Crippen molar-refractivity contribution in [3.8, 4) is 0 Å². The van der Waals surface area contributed by atoms with Crippen LogP contribution >= 0.6 is 0 Å². The van der Waals surface area contributed by atoms with E-state index in [-0.39, 0.29) is 0 Å². The fraction of sp³-hybridized carbons (Fsp3) is 0.529. The SMILES string of the molecule is Cc1cc(C)c(C(C)N2CCn3c(C)nnc3C2)c(C)c1. The Balaban J connectivity index is 1.89. The minimum Gasteiger partial charge on any atom is -0.313 e. The van der Waals surface area contributed by atoms with Crippen LogP contribution in [0.3, 0.4) is 0 Å². The van der Waals surface area contributed by atoms with Crippen LogP contribution in [0.1, 0.15) is 46.9 Å². The van der Waals surface area contributed by atoms with Crippen molar-refractivity contribution in [2.24, 2.45) is 0 Å². The molecule has 0 fully saturated rings. The summed E-state index contributed by atoms with van der Waals surface area (Å²) in [6.07, 6.45) is 0. The summed E-state index contributed by atoms with van der Waals surface area (Å²) in [6, 6.07) is 4.99. The van der Waals surface area contributed by atoms with Gasteiger partial charge in [0.05, 0.1) is 6.54 Å². The molecule has 2 aromatic rings. The van der Waals surface area contributed by atoms with E-state index in [0.717, 1.165) is 31.3 Å². The molecular weight excluding hydrogens is 260 g/mol. The molecule has 112 valence electrons. The van der Waals surface area contributed by atoms with E-state index >= 15 is 0 Å². The van der Waals surface area contributed by atoms with Crippen molar-refractivity contribution >= 4 is 0 Å². The molecule has 2 heterocycles. The molecule has 0 amide bonds. The highest BCUT2D eigenvalue weighted by atomic mass is 15.3. The molecule has 4 heteroatoms. The number of benzene rings is 1. The smallest absolute Gasteiger partial charge is 0.147 e. The van der Waals surface area contributed by atoms with Gasteiger partial charge in [-0.3, -0.25) is 4.90 Å². The van der Waals surface area contributed by atoms with Gasteiger partial charge in [0.25, 0.3) is 0 Å². The first-order valence-electron chi connectivity index (χ1n) is 7.68. The van der Waals surface area contributed by atoms with Crippen LogP contribution in [-0.2, 0) is 13.1 Å². The van der Waals surface area contributed by atoms with E-state index in [9.17, 15) is 0 Å². The maximum absolute atomic E-state index is 4.31. The van der Waals surface area contributed by atoms with E-state index in [1.54, 1.807) is 0 Å². The maximum Gasteiger partial charge on any atom is 0.147 e. The molecule has 0 bridgehead atoms. The van der Waals surface area contributed by atoms with Gasteiger partial charge < -0.3 is 4.57 Å². The Kier molecular flexibility index (Phi) is 3.57. The van der Waals surface area contributed by atoms with E-state index in [1.165, 1.54) is 22.3 Å². The standard InChI is InChI=1S/C17H24N4/c1-11-8-12(2)17(13(3)9-11)14(4)20-6-7-21-15(5)18-19-16(21)10-20/h8-9,14H,6-7,10H2,1-5H3. The first-order valence-corrected chi connectivity index (χ1v) is 7.68. The van der Waals surface area contributed by atoms with Crippen molar-refractivity contribution < 1.29 is 0 Å². The average molecular weight is 284 g/mol. The Bertz CT molecular complexity index is 648. The highest BCUT2D eigenvalue weighted by Crippen LogP contribution is 2.30. The molecule has 0 radical (unpaired) electrons. The molecule has 1 atom stereocenters. The number of hydrogen-bond acceptors (Lipinski definition) is 3. The summed E-state index contributed by atoms with van der Waals surface area (Å²) in [4.78, 5) is 2.51. The molecule has 1 unspecified atom stereocenters. The normalized spacial score (nSPS) is 16.8. The number of fused-ring (bicyclic) bond motifs is 1. The van der Waals surface area contributed by atoms with Crippen molar-refractivity contribution in [2.45, 2.75) is 53.8 Å². The molecule has 4 nitrogen and oxygen atoms in total. The van der Waals surface area contributed by atoms with Crippen LogP contribution in [-0.4, -0.2) is 26.2 Å². The summed E-state index contributed by atoms with van der Waals surface area (Å²) in [5.41, 5.74) is 5.59. The second-order valence-corrected chi connectivity index (χ2v) is 6.27. The Hall–Kier alpha value is -1.68. The van der Waals surface area contributed by atoms with E-state index in [4.69, 9.17) is 0 Å². The molecule has 1 aliphatic rings. The average Bonchev–Trinajstić information content (AvgIpc) is 2.78. The molecule has 0 spiro atoms. The number of hydrogen-bond donors (Lipinski definition) is 0. The molecule has 1 aliphatic heterocycles. The van der Waals surface area contributed by atoms with E-state index in [0.29, 0.717) is 6.04 Å². The number of nitrogens with zero attached hydrogens (tertiary/aromatic N) is 4. The highest BCUT2D eigenvalue weighted by Gasteiger charge is 2.25. The monoisotopic (exact) mass is 284 g/mol. The van der Waals surface area contributed by atoms with Gasteiger partial charge in [-0.1, -0.05) is 17.7 Å². The summed E-state index contributed by atoms with van der Waals surface area (Å²) in [5.74, 6) is 2.12. The quantitative estimate of drug-likeness (QED) is 0.850. The molecule has 1 aromatic heterocycles. The lowest BCUT2D eigenvalue weighted by Gasteiger charge is -2.34. The first kappa shape index (κ1) is 14.3. The van der Waals surface area contributed by atoms with Crippen LogP contribution in [0.25, 0.3) is 0 Å². The lowest BCUT2D eigenvalue weighted by molar-refractivity contribution is 0.161. The van der Waals surface area contributed by atoms with E-state index in [2.05, 4.69) is 59.5 Å². The fourth-order valence-corrected chi connectivity index (χ4v) is 3.69. The minimum atomic E-state index is 0.413. The highest BCUT2D eigenvalue weighted by molar-refractivity contribution is 5.39. The van der Waals surface area contributed by atoms with Crippen LogP contribution in [0, 0.1) is 27.7 Å². The van der Waals surface area contributed by atoms with Gasteiger partial charge in [0.1, 0.15) is 11.6 Å². The summed E-state index contributed by atoms with van der Waals surface area (Å²) < 4.78 is 2.23. The summed E-state index contributed by atoms with van der Waals surface area (Å²) in [6.45, 7) is 13.9. The lowest BCUT2D eigenvalue weighted by Crippen LogP contribution is -2.36. The van der Waals surface area contributed by atoms with Gasteiger partial charge in [0.15, 0.2) is 0 Å². The summed E-state index contributed by atoms with van der Waals surface area (Å²) >= 11 is 0. The third-order valence-corrected chi connectivity index (χ3v) is 4.67. The van der Waals surface area contributed by atoms with Gasteiger partial charge in [-0.05, 0) is 51.3 Å². The van der Waals surface area contributed by atoms with Gasteiger partial charge in [-0.2, -0.15) is 0 Å². The van der Waals surface area contributed by atoms with Crippen molar-refractivity contribution in [3.05, 3.63) is 46.0 Å². The van der Waals surface area contributed by atoms with Crippen molar-refractivity contribution in [1.82, 2.24) is 19.7 Å². The van der Waals surface area contributed by atoms with Crippen molar-refractivity contribution in [3.63, 3.8) is 0 Å². The van der Waals surface area contributed by atoms with Gasteiger partial charge >= 0.3 is 0 Å². The van der Waals surface area contributed by atoms with Crippen molar-refractivity contribution in [2.75, 3.05) is 6.54 Å². The van der Waals surface area contributed by atoms with Gasteiger partial charge in [0.2, 0.25) is 0 Å². The van der Waals surface area contributed by atoms with Crippen LogP contribution in [0.4, 0.5) is 0 Å². The zero-order chi connectivity index (χ0) is 15.1. The van der Waals surface area contributed by atoms with Gasteiger partial charge in [-0.15, -0.1) is 10.2 Å². The Morgan fingerprint density at radius 1 is 1.00 bits per heavy atom. The minimum absolute atomic E-state index is 0.413. The summed E-state index contributed by atoms with van der Waals surface area (Å²) in [7, 11) is 0. The zero-order valence-electron chi connectivity index (χ0n) is 13.6. The summed E-state index contributed by atoms with van der Waals surface area (Å²) in [5, 5.41) is 8.51. The molecule has 0 aliphatic carbocycles. The van der Waals surface area contributed by atoms with Crippen molar-refractivity contribution in [1.29, 1.82) is 0 Å². The topological polar surface area (TPSA) is 34.0 Å². The fourth-order valence-electron chi connectivity index (χ4n) is 3.69. The number of aromatic nitrogens is 3. The van der Waals surface area contributed by atoms with E-state index < -0.39 is 0 Å². The lowest BCUT2D eigenvalue weighted by atomic mass is 9.94. The Morgan fingerprint density at radius 2 is 1.67 bits per heavy atom. The molecule has 0 N–H and O–H groups in total. The molecule has 0 saturated carbocycles. The molecule has 0 saturated heterocycles. The second kappa shape index (κ2) is 5.26. The predicted octanol–water partition coefficient (Wildman–Crippen LogP) is 3.09. The van der Waals surface area contributed by atoms with Crippen LogP contribution in [0.5, 0.6) is 0 Å². The molecular formula is C17H24N4. The number of aryl methyl sites for hydroxylation is 4. The van der Waals surface area contributed by atoms with Crippen LogP contribution < -0.4 is 0 Å². The zero-order valence-corrected chi connectivity index (χ0v) is 13.6. The maximum atomic E-state index is 4.31. The predicted molar refractivity (Wildman–Crippen MR) is 84.2 cm³/mol. The van der Waals surface area contributed by atoms with E-state index in [1.807, 2.05) is 6.92 Å².